The number of aromatic nitrogens is 2. The average Bonchev–Trinajstić information content (AvgIpc) is 3.06. The lowest BCUT2D eigenvalue weighted by Gasteiger charge is -2.21. The lowest BCUT2D eigenvalue weighted by molar-refractivity contribution is -0.142. The van der Waals surface area contributed by atoms with Gasteiger partial charge in [-0.2, -0.15) is 5.10 Å². The van der Waals surface area contributed by atoms with Crippen LogP contribution in [0.25, 0.3) is 5.69 Å². The molecule has 0 amide bonds. The Morgan fingerprint density at radius 1 is 1.17 bits per heavy atom. The summed E-state index contributed by atoms with van der Waals surface area (Å²) in [5, 5.41) is 4.34. The summed E-state index contributed by atoms with van der Waals surface area (Å²) in [5.74, 6) is 0.506. The molecule has 0 saturated heterocycles. The molecule has 130 valence electrons. The molecule has 2 rings (SSSR count). The van der Waals surface area contributed by atoms with Crippen LogP contribution in [0.3, 0.4) is 0 Å². The molecule has 0 saturated carbocycles. The van der Waals surface area contributed by atoms with E-state index < -0.39 is 0 Å². The lowest BCUT2D eigenvalue weighted by Crippen LogP contribution is -2.14. The number of hydrogen-bond donors (Lipinski definition) is 0. The van der Waals surface area contributed by atoms with Crippen molar-refractivity contribution in [3.05, 3.63) is 47.3 Å². The molecule has 0 atom stereocenters. The summed E-state index contributed by atoms with van der Waals surface area (Å²) in [6.07, 6.45) is 4.90. The van der Waals surface area contributed by atoms with Crippen LogP contribution in [0.4, 0.5) is 0 Å². The fourth-order valence-corrected chi connectivity index (χ4v) is 2.90. The number of benzene rings is 1. The third kappa shape index (κ3) is 4.25. The molecule has 0 spiro atoms. The van der Waals surface area contributed by atoms with Crippen molar-refractivity contribution >= 4 is 5.97 Å². The van der Waals surface area contributed by atoms with Crippen LogP contribution in [0.5, 0.6) is 0 Å². The van der Waals surface area contributed by atoms with E-state index in [1.807, 2.05) is 23.9 Å². The number of esters is 1. The summed E-state index contributed by atoms with van der Waals surface area (Å²) in [4.78, 5) is 12.2. The molecule has 1 aromatic carbocycles. The Kier molecular flexibility index (Phi) is 6.18. The molecule has 4 nitrogen and oxygen atoms in total. The third-order valence-electron chi connectivity index (χ3n) is 4.10. The van der Waals surface area contributed by atoms with Crippen molar-refractivity contribution in [3.63, 3.8) is 0 Å². The quantitative estimate of drug-likeness (QED) is 0.697. The van der Waals surface area contributed by atoms with Crippen molar-refractivity contribution < 1.29 is 9.53 Å². The molecule has 2 aromatic rings. The molecule has 1 aromatic heterocycles. The van der Waals surface area contributed by atoms with Gasteiger partial charge in [0.2, 0.25) is 0 Å². The summed E-state index contributed by atoms with van der Waals surface area (Å²) in [6, 6.07) is 6.21. The van der Waals surface area contributed by atoms with E-state index >= 15 is 0 Å². The first kappa shape index (κ1) is 18.2. The molecule has 24 heavy (non-hydrogen) atoms. The molecule has 0 aliphatic heterocycles. The second kappa shape index (κ2) is 8.13. The zero-order chi connectivity index (χ0) is 17.7. The summed E-state index contributed by atoms with van der Waals surface area (Å²) < 4.78 is 7.18. The number of carbonyl (C=O) groups excluding carboxylic acids is 1. The molecule has 4 heteroatoms. The summed E-state index contributed by atoms with van der Waals surface area (Å²) >= 11 is 0. The SMILES string of the molecule is CCCOC(=O)Cc1c(C(C)C)cc(-n2cccn2)cc1C(C)C. The highest BCUT2D eigenvalue weighted by Crippen LogP contribution is 2.31. The van der Waals surface area contributed by atoms with E-state index in [0.29, 0.717) is 24.9 Å². The van der Waals surface area contributed by atoms with Crippen molar-refractivity contribution in [3.8, 4) is 5.69 Å². The zero-order valence-corrected chi connectivity index (χ0v) is 15.4. The Bertz CT molecular complexity index is 644. The van der Waals surface area contributed by atoms with Gasteiger partial charge in [-0.25, -0.2) is 4.68 Å². The normalized spacial score (nSPS) is 11.3. The largest absolute Gasteiger partial charge is 0.465 e. The van der Waals surface area contributed by atoms with Gasteiger partial charge in [-0.3, -0.25) is 4.79 Å². The van der Waals surface area contributed by atoms with Crippen molar-refractivity contribution in [1.82, 2.24) is 9.78 Å². The van der Waals surface area contributed by atoms with E-state index in [-0.39, 0.29) is 5.97 Å². The molecule has 0 bridgehead atoms. The minimum atomic E-state index is -0.146. The van der Waals surface area contributed by atoms with Gasteiger partial charge < -0.3 is 4.74 Å². The molecule has 0 aliphatic rings. The molecule has 0 N–H and O–H groups in total. The van der Waals surface area contributed by atoms with Crippen molar-refractivity contribution in [1.29, 1.82) is 0 Å². The van der Waals surface area contributed by atoms with Crippen molar-refractivity contribution in [2.45, 2.75) is 59.3 Å². The maximum Gasteiger partial charge on any atom is 0.310 e. The van der Waals surface area contributed by atoms with Gasteiger partial charge in [-0.1, -0.05) is 34.6 Å². The maximum atomic E-state index is 12.2. The predicted molar refractivity (Wildman–Crippen MR) is 96.7 cm³/mol. The van der Waals surface area contributed by atoms with E-state index in [1.54, 1.807) is 6.20 Å². The average molecular weight is 328 g/mol. The van der Waals surface area contributed by atoms with E-state index in [1.165, 1.54) is 11.1 Å². The van der Waals surface area contributed by atoms with E-state index in [9.17, 15) is 4.79 Å². The topological polar surface area (TPSA) is 44.1 Å². The second-order valence-electron chi connectivity index (χ2n) is 6.76. The molecular formula is C20H28N2O2. The minimum absolute atomic E-state index is 0.146. The zero-order valence-electron chi connectivity index (χ0n) is 15.4. The Hall–Kier alpha value is -2.10. The second-order valence-corrected chi connectivity index (χ2v) is 6.76. The van der Waals surface area contributed by atoms with Gasteiger partial charge in [0, 0.05) is 12.4 Å². The highest BCUT2D eigenvalue weighted by atomic mass is 16.5. The van der Waals surface area contributed by atoms with Crippen molar-refractivity contribution in [2.24, 2.45) is 0 Å². The minimum Gasteiger partial charge on any atom is -0.465 e. The third-order valence-corrected chi connectivity index (χ3v) is 4.10. The smallest absolute Gasteiger partial charge is 0.310 e. The monoisotopic (exact) mass is 328 g/mol. The Morgan fingerprint density at radius 3 is 2.25 bits per heavy atom. The Labute approximate surface area is 144 Å². The van der Waals surface area contributed by atoms with E-state index in [0.717, 1.165) is 17.7 Å². The van der Waals surface area contributed by atoms with Crippen molar-refractivity contribution in [2.75, 3.05) is 6.61 Å². The van der Waals surface area contributed by atoms with E-state index in [2.05, 4.69) is 44.9 Å². The highest BCUT2D eigenvalue weighted by molar-refractivity contribution is 5.74. The Balaban J connectivity index is 2.49. The predicted octanol–water partition coefficient (Wildman–Crippen LogP) is 4.61. The summed E-state index contributed by atoms with van der Waals surface area (Å²) in [6.45, 7) is 11.1. The molecular weight excluding hydrogens is 300 g/mol. The van der Waals surface area contributed by atoms with Crippen LogP contribution in [0.2, 0.25) is 0 Å². The van der Waals surface area contributed by atoms with E-state index in [4.69, 9.17) is 4.74 Å². The number of carbonyl (C=O) groups is 1. The first-order chi connectivity index (χ1) is 11.4. The lowest BCUT2D eigenvalue weighted by atomic mass is 9.86. The fourth-order valence-electron chi connectivity index (χ4n) is 2.90. The van der Waals surface area contributed by atoms with Crippen LogP contribution < -0.4 is 0 Å². The van der Waals surface area contributed by atoms with Crippen LogP contribution >= 0.6 is 0 Å². The number of rotatable bonds is 7. The van der Waals surface area contributed by atoms with Gasteiger partial charge in [-0.05, 0) is 53.1 Å². The first-order valence-electron chi connectivity index (χ1n) is 8.76. The standard InChI is InChI=1S/C20H28N2O2/c1-6-10-24-20(23)13-19-17(14(2)3)11-16(12-18(19)15(4)5)22-9-7-8-21-22/h7-9,11-12,14-15H,6,10,13H2,1-5H3. The van der Waals surface area contributed by atoms with Crippen LogP contribution in [-0.2, 0) is 16.0 Å². The summed E-state index contributed by atoms with van der Waals surface area (Å²) in [5.41, 5.74) is 4.54. The van der Waals surface area contributed by atoms with Crippen LogP contribution in [0.15, 0.2) is 30.6 Å². The number of ether oxygens (including phenoxy) is 1. The van der Waals surface area contributed by atoms with Crippen LogP contribution in [0.1, 0.15) is 69.6 Å². The number of nitrogens with zero attached hydrogens (tertiary/aromatic N) is 2. The van der Waals surface area contributed by atoms with Gasteiger partial charge >= 0.3 is 5.97 Å². The molecule has 0 aliphatic carbocycles. The number of hydrogen-bond acceptors (Lipinski definition) is 3. The van der Waals surface area contributed by atoms with Crippen LogP contribution in [0, 0.1) is 0 Å². The summed E-state index contributed by atoms with van der Waals surface area (Å²) in [7, 11) is 0. The van der Waals surface area contributed by atoms with Gasteiger partial charge in [0.1, 0.15) is 0 Å². The molecule has 0 fully saturated rings. The highest BCUT2D eigenvalue weighted by Gasteiger charge is 2.19. The Morgan fingerprint density at radius 2 is 1.79 bits per heavy atom. The molecule has 0 unspecified atom stereocenters. The van der Waals surface area contributed by atoms with Gasteiger partial charge in [0.05, 0.1) is 18.7 Å². The maximum absolute atomic E-state index is 12.2. The van der Waals surface area contributed by atoms with Gasteiger partial charge in [0.25, 0.3) is 0 Å². The van der Waals surface area contributed by atoms with Crippen LogP contribution in [-0.4, -0.2) is 22.4 Å². The molecule has 1 heterocycles. The fraction of sp³-hybridized carbons (Fsp3) is 0.500. The van der Waals surface area contributed by atoms with Gasteiger partial charge in [-0.15, -0.1) is 0 Å². The first-order valence-corrected chi connectivity index (χ1v) is 8.76. The van der Waals surface area contributed by atoms with Gasteiger partial charge in [0.15, 0.2) is 0 Å². The molecule has 0 radical (unpaired) electrons.